The number of benzene rings is 1. The lowest BCUT2D eigenvalue weighted by Gasteiger charge is -2.13. The molecule has 0 atom stereocenters. The molecule has 1 rings (SSSR count). The summed E-state index contributed by atoms with van der Waals surface area (Å²) in [6.07, 6.45) is 0.757. The van der Waals surface area contributed by atoms with Gasteiger partial charge in [0.05, 0.1) is 5.56 Å². The number of hydrogen-bond donors (Lipinski definition) is 3. The summed E-state index contributed by atoms with van der Waals surface area (Å²) in [5, 5.41) is 9.95. The van der Waals surface area contributed by atoms with Gasteiger partial charge >= 0.3 is 0 Å². The van der Waals surface area contributed by atoms with E-state index in [9.17, 15) is 9.90 Å². The van der Waals surface area contributed by atoms with E-state index < -0.39 is 5.91 Å². The third kappa shape index (κ3) is 4.30. The van der Waals surface area contributed by atoms with Crippen LogP contribution in [0.3, 0.4) is 0 Å². The van der Waals surface area contributed by atoms with Crippen LogP contribution in [-0.2, 0) is 0 Å². The van der Waals surface area contributed by atoms with E-state index in [1.54, 1.807) is 6.07 Å². The molecule has 0 bridgehead atoms. The van der Waals surface area contributed by atoms with Gasteiger partial charge in [-0.2, -0.15) is 0 Å². The van der Waals surface area contributed by atoms with Gasteiger partial charge in [0.1, 0.15) is 5.75 Å². The number of hydrogen-bond acceptors (Lipinski definition) is 3. The number of rotatable bonds is 5. The number of carbonyl (C=O) groups excluding carboxylic acids is 1. The Balaban J connectivity index is 2.58. The highest BCUT2D eigenvalue weighted by atomic mass is 35.5. The molecule has 98 valence electrons. The van der Waals surface area contributed by atoms with Crippen LogP contribution in [0.15, 0.2) is 30.5 Å². The van der Waals surface area contributed by atoms with Crippen LogP contribution in [0.4, 0.5) is 0 Å². The van der Waals surface area contributed by atoms with Gasteiger partial charge in [0.25, 0.3) is 5.91 Å². The van der Waals surface area contributed by atoms with Crippen molar-refractivity contribution in [3.05, 3.63) is 41.1 Å². The standard InChI is InChI=1S/C13H17ClN2O2/c1-8(2)6-9(3)15-16-13(18)11-5-4-10(14)7-12(11)17/h4-5,7-8,15,17H,3,6H2,1-2H3,(H,16,18). The zero-order chi connectivity index (χ0) is 13.7. The molecule has 0 radical (unpaired) electrons. The number of hydrazine groups is 1. The number of nitrogens with one attached hydrogen (secondary N) is 2. The maximum Gasteiger partial charge on any atom is 0.273 e. The Labute approximate surface area is 112 Å². The molecule has 4 nitrogen and oxygen atoms in total. The SMILES string of the molecule is C=C(CC(C)C)NNC(=O)c1ccc(Cl)cc1O. The first-order valence-electron chi connectivity index (χ1n) is 5.62. The van der Waals surface area contributed by atoms with Crippen LogP contribution in [0.25, 0.3) is 0 Å². The molecule has 1 aromatic carbocycles. The number of phenolic OH excluding ortho intramolecular Hbond substituents is 1. The Morgan fingerprint density at radius 1 is 1.44 bits per heavy atom. The van der Waals surface area contributed by atoms with E-state index >= 15 is 0 Å². The van der Waals surface area contributed by atoms with Crippen LogP contribution >= 0.6 is 11.6 Å². The maximum absolute atomic E-state index is 11.7. The Morgan fingerprint density at radius 3 is 2.67 bits per heavy atom. The van der Waals surface area contributed by atoms with Crippen LogP contribution in [0.2, 0.25) is 5.02 Å². The Hall–Kier alpha value is -1.68. The average Bonchev–Trinajstić information content (AvgIpc) is 2.25. The summed E-state index contributed by atoms with van der Waals surface area (Å²) >= 11 is 5.68. The summed E-state index contributed by atoms with van der Waals surface area (Å²) in [4.78, 5) is 11.7. The number of phenols is 1. The third-order valence-electron chi connectivity index (χ3n) is 2.21. The molecule has 0 saturated heterocycles. The van der Waals surface area contributed by atoms with Crippen molar-refractivity contribution in [2.45, 2.75) is 20.3 Å². The molecule has 0 unspecified atom stereocenters. The molecule has 0 saturated carbocycles. The smallest absolute Gasteiger partial charge is 0.273 e. The van der Waals surface area contributed by atoms with Gasteiger partial charge in [-0.1, -0.05) is 32.0 Å². The molecule has 1 aromatic rings. The van der Waals surface area contributed by atoms with Crippen LogP contribution < -0.4 is 10.9 Å². The highest BCUT2D eigenvalue weighted by Crippen LogP contribution is 2.21. The highest BCUT2D eigenvalue weighted by molar-refractivity contribution is 6.30. The normalized spacial score (nSPS) is 10.2. The van der Waals surface area contributed by atoms with Gasteiger partial charge in [-0.05, 0) is 30.5 Å². The molecule has 0 aliphatic carbocycles. The fraction of sp³-hybridized carbons (Fsp3) is 0.308. The number of allylic oxidation sites excluding steroid dienone is 1. The lowest BCUT2D eigenvalue weighted by molar-refractivity contribution is 0.0935. The van der Waals surface area contributed by atoms with Gasteiger partial charge in [-0.3, -0.25) is 10.2 Å². The lowest BCUT2D eigenvalue weighted by atomic mass is 10.1. The average molecular weight is 269 g/mol. The monoisotopic (exact) mass is 268 g/mol. The molecule has 0 aliphatic rings. The summed E-state index contributed by atoms with van der Waals surface area (Å²) in [5.41, 5.74) is 6.06. The minimum Gasteiger partial charge on any atom is -0.507 e. The van der Waals surface area contributed by atoms with Crippen LogP contribution in [0.5, 0.6) is 5.75 Å². The molecular weight excluding hydrogens is 252 g/mol. The molecule has 0 aliphatic heterocycles. The first-order chi connectivity index (χ1) is 8.40. The minimum atomic E-state index is -0.436. The predicted octanol–water partition coefficient (Wildman–Crippen LogP) is 2.84. The van der Waals surface area contributed by atoms with Crippen molar-refractivity contribution < 1.29 is 9.90 Å². The zero-order valence-electron chi connectivity index (χ0n) is 10.5. The highest BCUT2D eigenvalue weighted by Gasteiger charge is 2.11. The minimum absolute atomic E-state index is 0.156. The molecular formula is C13H17ClN2O2. The van der Waals surface area contributed by atoms with Gasteiger partial charge in [0.2, 0.25) is 0 Å². The number of amides is 1. The Kier molecular flexibility index (Phi) is 5.04. The van der Waals surface area contributed by atoms with E-state index in [1.165, 1.54) is 12.1 Å². The largest absolute Gasteiger partial charge is 0.507 e. The summed E-state index contributed by atoms with van der Waals surface area (Å²) < 4.78 is 0. The summed E-state index contributed by atoms with van der Waals surface area (Å²) in [6.45, 7) is 7.90. The molecule has 3 N–H and O–H groups in total. The summed E-state index contributed by atoms with van der Waals surface area (Å²) in [7, 11) is 0. The van der Waals surface area contributed by atoms with E-state index in [2.05, 4.69) is 31.3 Å². The van der Waals surface area contributed by atoms with E-state index in [1.807, 2.05) is 0 Å². The van der Waals surface area contributed by atoms with Crippen molar-refractivity contribution in [1.29, 1.82) is 0 Å². The van der Waals surface area contributed by atoms with Gasteiger partial charge < -0.3 is 10.5 Å². The van der Waals surface area contributed by atoms with E-state index in [4.69, 9.17) is 11.6 Å². The molecule has 0 aromatic heterocycles. The molecule has 0 spiro atoms. The first kappa shape index (κ1) is 14.4. The first-order valence-corrected chi connectivity index (χ1v) is 6.00. The summed E-state index contributed by atoms with van der Waals surface area (Å²) in [5.74, 6) is -0.142. The van der Waals surface area contributed by atoms with Gasteiger partial charge in [0, 0.05) is 10.7 Å². The number of aromatic hydroxyl groups is 1. The Bertz CT molecular complexity index is 458. The van der Waals surface area contributed by atoms with Crippen molar-refractivity contribution in [1.82, 2.24) is 10.9 Å². The second kappa shape index (κ2) is 6.31. The fourth-order valence-corrected chi connectivity index (χ4v) is 1.62. The van der Waals surface area contributed by atoms with Crippen LogP contribution in [0.1, 0.15) is 30.6 Å². The second-order valence-electron chi connectivity index (χ2n) is 4.44. The van der Waals surface area contributed by atoms with E-state index in [0.29, 0.717) is 16.6 Å². The number of carbonyl (C=O) groups is 1. The number of halogens is 1. The second-order valence-corrected chi connectivity index (χ2v) is 4.88. The molecule has 1 amide bonds. The fourth-order valence-electron chi connectivity index (χ4n) is 1.45. The molecule has 0 heterocycles. The maximum atomic E-state index is 11.7. The third-order valence-corrected chi connectivity index (χ3v) is 2.45. The topological polar surface area (TPSA) is 61.4 Å². The van der Waals surface area contributed by atoms with Crippen LogP contribution in [0, 0.1) is 5.92 Å². The van der Waals surface area contributed by atoms with E-state index in [0.717, 1.165) is 6.42 Å². The van der Waals surface area contributed by atoms with Gasteiger partial charge in [0.15, 0.2) is 0 Å². The van der Waals surface area contributed by atoms with E-state index in [-0.39, 0.29) is 11.3 Å². The lowest BCUT2D eigenvalue weighted by Crippen LogP contribution is -2.36. The zero-order valence-corrected chi connectivity index (χ0v) is 11.2. The van der Waals surface area contributed by atoms with Gasteiger partial charge in [-0.15, -0.1) is 0 Å². The van der Waals surface area contributed by atoms with Crippen molar-refractivity contribution in [2.24, 2.45) is 5.92 Å². The van der Waals surface area contributed by atoms with Crippen molar-refractivity contribution in [3.63, 3.8) is 0 Å². The molecule has 0 fully saturated rings. The van der Waals surface area contributed by atoms with Crippen molar-refractivity contribution >= 4 is 17.5 Å². The van der Waals surface area contributed by atoms with Crippen molar-refractivity contribution in [3.8, 4) is 5.75 Å². The molecule has 18 heavy (non-hydrogen) atoms. The van der Waals surface area contributed by atoms with Crippen LogP contribution in [-0.4, -0.2) is 11.0 Å². The quantitative estimate of drug-likeness (QED) is 0.720. The predicted molar refractivity (Wildman–Crippen MR) is 72.3 cm³/mol. The van der Waals surface area contributed by atoms with Gasteiger partial charge in [-0.25, -0.2) is 0 Å². The Morgan fingerprint density at radius 2 is 2.11 bits per heavy atom. The van der Waals surface area contributed by atoms with Crippen molar-refractivity contribution in [2.75, 3.05) is 0 Å². The molecule has 5 heteroatoms. The summed E-state index contributed by atoms with van der Waals surface area (Å²) in [6, 6.07) is 4.32.